The van der Waals surface area contributed by atoms with E-state index in [0.29, 0.717) is 13.2 Å². The highest BCUT2D eigenvalue weighted by atomic mass is 16.7. The van der Waals surface area contributed by atoms with Gasteiger partial charge in [-0.05, 0) is 48.4 Å². The number of aliphatic imine (C=N–C) groups is 1. The van der Waals surface area contributed by atoms with Gasteiger partial charge in [-0.3, -0.25) is 9.69 Å². The van der Waals surface area contributed by atoms with Crippen LogP contribution in [0.3, 0.4) is 0 Å². The van der Waals surface area contributed by atoms with Crippen LogP contribution in [0.2, 0.25) is 0 Å². The maximum Gasteiger partial charge on any atom is 0.262 e. The molecule has 1 unspecified atom stereocenters. The van der Waals surface area contributed by atoms with Gasteiger partial charge in [-0.2, -0.15) is 0 Å². The second-order valence-corrected chi connectivity index (χ2v) is 8.05. The predicted molar refractivity (Wildman–Crippen MR) is 110 cm³/mol. The Bertz CT molecular complexity index is 979. The van der Waals surface area contributed by atoms with Crippen LogP contribution in [0.4, 0.5) is 0 Å². The van der Waals surface area contributed by atoms with E-state index in [4.69, 9.17) is 20.2 Å². The molecule has 0 bridgehead atoms. The van der Waals surface area contributed by atoms with E-state index < -0.39 is 11.8 Å². The number of guanidine groups is 1. The van der Waals surface area contributed by atoms with Crippen LogP contribution in [-0.2, 0) is 19.8 Å². The third-order valence-corrected chi connectivity index (χ3v) is 5.98. The van der Waals surface area contributed by atoms with Gasteiger partial charge in [0, 0.05) is 0 Å². The Morgan fingerprint density at radius 3 is 2.48 bits per heavy atom. The van der Waals surface area contributed by atoms with Crippen molar-refractivity contribution in [1.29, 1.82) is 0 Å². The topological polar surface area (TPSA) is 77.2 Å². The van der Waals surface area contributed by atoms with E-state index in [-0.39, 0.29) is 24.3 Å². The molecule has 1 saturated heterocycles. The second kappa shape index (κ2) is 6.97. The fourth-order valence-electron chi connectivity index (χ4n) is 4.39. The number of carbonyl (C=O) groups is 1. The molecule has 2 fully saturated rings. The van der Waals surface area contributed by atoms with Crippen LogP contribution >= 0.6 is 0 Å². The minimum atomic E-state index is -0.942. The Labute approximate surface area is 170 Å². The number of rotatable bonds is 5. The van der Waals surface area contributed by atoms with E-state index in [1.54, 1.807) is 0 Å². The number of benzene rings is 2. The summed E-state index contributed by atoms with van der Waals surface area (Å²) in [6, 6.07) is 16.5. The summed E-state index contributed by atoms with van der Waals surface area (Å²) in [6.45, 7) is 3.43. The summed E-state index contributed by atoms with van der Waals surface area (Å²) >= 11 is 0. The minimum Gasteiger partial charge on any atom is -0.369 e. The number of hydrogen-bond donors (Lipinski definition) is 1. The summed E-state index contributed by atoms with van der Waals surface area (Å²) in [5.74, 6) is 0.358. The zero-order valence-electron chi connectivity index (χ0n) is 16.5. The van der Waals surface area contributed by atoms with Crippen LogP contribution in [0, 0.1) is 12.8 Å². The van der Waals surface area contributed by atoms with E-state index in [1.165, 1.54) is 10.5 Å². The van der Waals surface area contributed by atoms with Crippen molar-refractivity contribution in [3.8, 4) is 11.1 Å². The molecule has 2 heterocycles. The summed E-state index contributed by atoms with van der Waals surface area (Å²) in [5, 5.41) is 0. The van der Waals surface area contributed by atoms with Gasteiger partial charge in [-0.25, -0.2) is 4.99 Å². The number of aryl methyl sites for hydroxylation is 1. The van der Waals surface area contributed by atoms with Crippen molar-refractivity contribution in [2.75, 3.05) is 19.8 Å². The SMILES string of the molecule is Cc1cccc(-c2cccc(C3(C4CC4)N=C(N)N(CC4OCCO4)C3=O)c2)c1. The van der Waals surface area contributed by atoms with Gasteiger partial charge >= 0.3 is 0 Å². The summed E-state index contributed by atoms with van der Waals surface area (Å²) in [6.07, 6.45) is 1.50. The Kier molecular flexibility index (Phi) is 4.41. The van der Waals surface area contributed by atoms with Crippen molar-refractivity contribution in [3.63, 3.8) is 0 Å². The van der Waals surface area contributed by atoms with Crippen LogP contribution in [-0.4, -0.2) is 42.8 Å². The molecule has 6 nitrogen and oxygen atoms in total. The van der Waals surface area contributed by atoms with Crippen molar-refractivity contribution in [2.45, 2.75) is 31.6 Å². The van der Waals surface area contributed by atoms with Gasteiger partial charge in [0.25, 0.3) is 5.91 Å². The standard InChI is InChI=1S/C23H25N3O3/c1-15-4-2-5-16(12-15)17-6-3-7-19(13-17)23(18-8-9-18)21(27)26(22(24)25-23)14-20-28-10-11-29-20/h2-7,12-13,18,20H,8-11,14H2,1H3,(H2,24,25). The first-order valence-electron chi connectivity index (χ1n) is 10.2. The van der Waals surface area contributed by atoms with Crippen molar-refractivity contribution in [3.05, 3.63) is 59.7 Å². The third-order valence-electron chi connectivity index (χ3n) is 5.98. The lowest BCUT2D eigenvalue weighted by molar-refractivity contribution is -0.136. The monoisotopic (exact) mass is 391 g/mol. The van der Waals surface area contributed by atoms with Gasteiger partial charge in [-0.15, -0.1) is 0 Å². The van der Waals surface area contributed by atoms with Gasteiger partial charge in [0.2, 0.25) is 0 Å². The summed E-state index contributed by atoms with van der Waals surface area (Å²) < 4.78 is 11.0. The van der Waals surface area contributed by atoms with Gasteiger partial charge in [0.15, 0.2) is 17.8 Å². The predicted octanol–water partition coefficient (Wildman–Crippen LogP) is 2.80. The van der Waals surface area contributed by atoms with E-state index >= 15 is 0 Å². The van der Waals surface area contributed by atoms with Gasteiger partial charge in [0.1, 0.15) is 0 Å². The molecule has 1 atom stereocenters. The Morgan fingerprint density at radius 2 is 1.79 bits per heavy atom. The second-order valence-electron chi connectivity index (χ2n) is 8.05. The molecular formula is C23H25N3O3. The van der Waals surface area contributed by atoms with E-state index in [1.807, 2.05) is 18.2 Å². The largest absolute Gasteiger partial charge is 0.369 e. The summed E-state index contributed by atoms with van der Waals surface area (Å²) in [7, 11) is 0. The number of amides is 1. The molecule has 29 heavy (non-hydrogen) atoms. The quantitative estimate of drug-likeness (QED) is 0.850. The Morgan fingerprint density at radius 1 is 1.10 bits per heavy atom. The maximum absolute atomic E-state index is 13.6. The first-order valence-corrected chi connectivity index (χ1v) is 10.2. The third kappa shape index (κ3) is 3.12. The molecule has 2 aliphatic heterocycles. The van der Waals surface area contributed by atoms with E-state index in [9.17, 15) is 4.79 Å². The highest BCUT2D eigenvalue weighted by molar-refractivity contribution is 6.07. The highest BCUT2D eigenvalue weighted by Crippen LogP contribution is 2.52. The normalized spacial score (nSPS) is 24.9. The van der Waals surface area contributed by atoms with Crippen molar-refractivity contribution in [2.24, 2.45) is 16.6 Å². The number of nitrogens with zero attached hydrogens (tertiary/aromatic N) is 2. The molecule has 2 aromatic carbocycles. The summed E-state index contributed by atoms with van der Waals surface area (Å²) in [4.78, 5) is 19.9. The molecule has 2 aromatic rings. The molecule has 6 heteroatoms. The molecule has 1 saturated carbocycles. The lowest BCUT2D eigenvalue weighted by atomic mass is 9.83. The molecule has 2 N–H and O–H groups in total. The van der Waals surface area contributed by atoms with Crippen LogP contribution in [0.5, 0.6) is 0 Å². The van der Waals surface area contributed by atoms with Crippen LogP contribution in [0.1, 0.15) is 24.0 Å². The van der Waals surface area contributed by atoms with Crippen molar-refractivity contribution < 1.29 is 14.3 Å². The van der Waals surface area contributed by atoms with Crippen LogP contribution < -0.4 is 5.73 Å². The number of ether oxygens (including phenoxy) is 2. The van der Waals surface area contributed by atoms with Crippen molar-refractivity contribution in [1.82, 2.24) is 4.90 Å². The number of hydrogen-bond acceptors (Lipinski definition) is 5. The Balaban J connectivity index is 1.52. The average Bonchev–Trinajstić information content (AvgIpc) is 3.39. The average molecular weight is 391 g/mol. The lowest BCUT2D eigenvalue weighted by Crippen LogP contribution is -2.47. The summed E-state index contributed by atoms with van der Waals surface area (Å²) in [5.41, 5.74) is 9.61. The molecule has 3 aliphatic rings. The molecule has 0 spiro atoms. The molecule has 1 aliphatic carbocycles. The first-order chi connectivity index (χ1) is 14.1. The molecule has 1 amide bonds. The van der Waals surface area contributed by atoms with Crippen molar-refractivity contribution >= 4 is 11.9 Å². The molecule has 150 valence electrons. The number of carbonyl (C=O) groups excluding carboxylic acids is 1. The zero-order chi connectivity index (χ0) is 20.0. The van der Waals surface area contributed by atoms with E-state index in [2.05, 4.69) is 37.3 Å². The fraction of sp³-hybridized carbons (Fsp3) is 0.391. The number of nitrogens with two attached hydrogens (primary N) is 1. The molecule has 5 rings (SSSR count). The highest BCUT2D eigenvalue weighted by Gasteiger charge is 2.58. The van der Waals surface area contributed by atoms with Gasteiger partial charge in [0.05, 0.1) is 19.8 Å². The molecular weight excluding hydrogens is 366 g/mol. The Hall–Kier alpha value is -2.70. The zero-order valence-corrected chi connectivity index (χ0v) is 16.5. The fourth-order valence-corrected chi connectivity index (χ4v) is 4.39. The molecule has 0 aromatic heterocycles. The van der Waals surface area contributed by atoms with Gasteiger partial charge in [-0.1, -0.05) is 48.0 Å². The maximum atomic E-state index is 13.6. The first kappa shape index (κ1) is 18.3. The van der Waals surface area contributed by atoms with E-state index in [0.717, 1.165) is 29.5 Å². The smallest absolute Gasteiger partial charge is 0.262 e. The minimum absolute atomic E-state index is 0.0713. The molecule has 0 radical (unpaired) electrons. The lowest BCUT2D eigenvalue weighted by Gasteiger charge is -2.27. The van der Waals surface area contributed by atoms with Crippen LogP contribution in [0.15, 0.2) is 53.5 Å². The van der Waals surface area contributed by atoms with Crippen LogP contribution in [0.25, 0.3) is 11.1 Å². The van der Waals surface area contributed by atoms with Gasteiger partial charge < -0.3 is 15.2 Å².